The summed E-state index contributed by atoms with van der Waals surface area (Å²) < 4.78 is 19.7. The quantitative estimate of drug-likeness (QED) is 0.0554. The van der Waals surface area contributed by atoms with Gasteiger partial charge in [-0.1, -0.05) is 12.2 Å². The van der Waals surface area contributed by atoms with E-state index < -0.39 is 25.9 Å². The zero-order valence-electron chi connectivity index (χ0n) is 25.1. The lowest BCUT2D eigenvalue weighted by Crippen LogP contribution is -2.28. The molecule has 0 aromatic rings. The minimum Gasteiger partial charge on any atom is -0.344 e. The van der Waals surface area contributed by atoms with Gasteiger partial charge in [-0.3, -0.25) is 9.59 Å². The molecule has 16 nitrogen and oxygen atoms in total. The number of allylic oxidation sites excluding steroid dienone is 2. The van der Waals surface area contributed by atoms with Crippen LogP contribution < -0.4 is 0 Å². The fraction of sp³-hybridized carbons (Fsp3) is 0.769. The highest BCUT2D eigenvalue weighted by Gasteiger charge is 2.20. The lowest BCUT2D eigenvalue weighted by atomic mass is 10.4. The van der Waals surface area contributed by atoms with Gasteiger partial charge in [0.2, 0.25) is 11.8 Å². The number of methoxy groups -OCH3 is 2. The van der Waals surface area contributed by atoms with E-state index in [1.807, 2.05) is 13.8 Å². The molecule has 0 radical (unpaired) electrons. The fourth-order valence-electron chi connectivity index (χ4n) is 3.21. The number of nitrogens with zero attached hydrogens (tertiary/aromatic N) is 2. The maximum Gasteiger partial charge on any atom is 0.301 e. The first-order valence-electron chi connectivity index (χ1n) is 13.4. The second-order valence-electron chi connectivity index (χ2n) is 8.32. The van der Waals surface area contributed by atoms with Crippen LogP contribution in [0.2, 0.25) is 0 Å². The van der Waals surface area contributed by atoms with Crippen molar-refractivity contribution in [2.75, 3.05) is 53.6 Å². The molecule has 4 N–H and O–H groups in total. The summed E-state index contributed by atoms with van der Waals surface area (Å²) in [6.07, 6.45) is 7.82. The molecule has 0 saturated carbocycles. The molecule has 0 aromatic carbocycles. The summed E-state index contributed by atoms with van der Waals surface area (Å²) in [7, 11) is 2.64. The molecular weight excluding hydrogens is 564 g/mol. The van der Waals surface area contributed by atoms with Gasteiger partial charge in [0.15, 0.2) is 0 Å². The molecule has 248 valence electrons. The predicted octanol–water partition coefficient (Wildman–Crippen LogP) is 0.708. The summed E-state index contributed by atoms with van der Waals surface area (Å²) in [5.41, 5.74) is 0. The summed E-state index contributed by atoms with van der Waals surface area (Å²) in [4.78, 5) is 43.1. The van der Waals surface area contributed by atoms with Crippen LogP contribution in [0.15, 0.2) is 25.3 Å². The maximum atomic E-state index is 11.3. The average molecular weight is 615 g/mol. The van der Waals surface area contributed by atoms with E-state index in [1.165, 1.54) is 14.2 Å². The molecule has 2 rings (SSSR count). The van der Waals surface area contributed by atoms with Crippen LogP contribution >= 0.6 is 0 Å². The molecule has 42 heavy (non-hydrogen) atoms. The van der Waals surface area contributed by atoms with Crippen molar-refractivity contribution in [2.45, 2.75) is 78.3 Å². The largest absolute Gasteiger partial charge is 0.344 e. The van der Waals surface area contributed by atoms with Crippen molar-refractivity contribution in [2.24, 2.45) is 0 Å². The second-order valence-corrected chi connectivity index (χ2v) is 8.32. The Bertz CT molecular complexity index is 627. The number of aliphatic hydroxyl groups is 4. The zero-order chi connectivity index (χ0) is 32.2. The third kappa shape index (κ3) is 24.5. The van der Waals surface area contributed by atoms with E-state index in [0.29, 0.717) is 52.0 Å². The highest BCUT2D eigenvalue weighted by atomic mass is 17.3. The van der Waals surface area contributed by atoms with Gasteiger partial charge in [-0.05, 0) is 39.5 Å². The van der Waals surface area contributed by atoms with Crippen molar-refractivity contribution in [3.8, 4) is 0 Å². The Hall–Kier alpha value is -2.06. The van der Waals surface area contributed by atoms with Gasteiger partial charge >= 0.3 is 13.0 Å². The van der Waals surface area contributed by atoms with Crippen molar-refractivity contribution < 1.29 is 68.5 Å². The zero-order valence-corrected chi connectivity index (χ0v) is 25.1. The normalized spacial score (nSPS) is 15.9. The molecule has 2 heterocycles. The molecule has 0 aliphatic carbocycles. The molecular formula is C26H50N2O14. The third-order valence-corrected chi connectivity index (χ3v) is 4.82. The molecule has 2 saturated heterocycles. The molecule has 0 aromatic heterocycles. The average Bonchev–Trinajstić information content (AvgIpc) is 3.55. The number of carbonyl (C=O) groups excluding carboxylic acids is 2. The van der Waals surface area contributed by atoms with Crippen LogP contribution in [0.1, 0.15) is 52.4 Å². The number of likely N-dealkylation sites (tertiary alicyclic amines) is 2. The van der Waals surface area contributed by atoms with Gasteiger partial charge in [0.05, 0.1) is 13.2 Å². The molecule has 0 spiro atoms. The van der Waals surface area contributed by atoms with Gasteiger partial charge in [0.1, 0.15) is 0 Å². The minimum atomic E-state index is -2.05. The first-order chi connectivity index (χ1) is 20.1. The Kier molecular flexibility index (Phi) is 29.1. The Morgan fingerprint density at radius 3 is 1.29 bits per heavy atom. The van der Waals surface area contributed by atoms with Crippen molar-refractivity contribution in [1.29, 1.82) is 0 Å². The van der Waals surface area contributed by atoms with Crippen molar-refractivity contribution in [3.05, 3.63) is 25.3 Å². The Morgan fingerprint density at radius 2 is 1.05 bits per heavy atom. The predicted molar refractivity (Wildman–Crippen MR) is 147 cm³/mol. The number of aliphatic hydroxyl groups excluding tert-OH is 2. The molecule has 2 unspecified atom stereocenters. The number of rotatable bonds is 18. The lowest BCUT2D eigenvalue weighted by molar-refractivity contribution is -0.505. The van der Waals surface area contributed by atoms with E-state index in [4.69, 9.17) is 39.4 Å². The molecule has 2 aliphatic rings. The number of amides is 2. The van der Waals surface area contributed by atoms with Crippen LogP contribution in [-0.4, -0.2) is 122 Å². The van der Waals surface area contributed by atoms with E-state index in [1.54, 1.807) is 22.0 Å². The number of ether oxygens (including phenoxy) is 4. The van der Waals surface area contributed by atoms with Crippen LogP contribution in [-0.2, 0) is 48.1 Å². The van der Waals surface area contributed by atoms with Gasteiger partial charge in [-0.15, -0.1) is 13.2 Å². The third-order valence-electron chi connectivity index (χ3n) is 4.82. The van der Waals surface area contributed by atoms with Gasteiger partial charge < -0.3 is 49.2 Å². The van der Waals surface area contributed by atoms with E-state index in [-0.39, 0.29) is 11.8 Å². The number of hydrogen-bond acceptors (Lipinski definition) is 14. The Morgan fingerprint density at radius 1 is 0.714 bits per heavy atom. The first kappa shape index (κ1) is 42.1. The van der Waals surface area contributed by atoms with E-state index in [2.05, 4.69) is 32.7 Å². The fourth-order valence-corrected chi connectivity index (χ4v) is 3.21. The van der Waals surface area contributed by atoms with Crippen molar-refractivity contribution >= 4 is 11.8 Å². The summed E-state index contributed by atoms with van der Waals surface area (Å²) in [6, 6.07) is 0. The first-order valence-corrected chi connectivity index (χ1v) is 13.4. The standard InChI is InChI=1S/2C10H19NO7.2C3H6/c2*1-15-10(18-17-9(13)14)16-7-3-6-11-5-2-4-8(11)12;2*1-3-2/h2*9-10,13-14H,2-7H2,1H3;2*3H,1H2,2H3. The molecule has 2 amide bonds. The number of carbonyl (C=O) groups is 2. The molecule has 2 atom stereocenters. The molecule has 16 heteroatoms. The SMILES string of the molecule is C=CC.C=CC.COC(OCCCN1CCCC1=O)OOC(O)O.COC(OCCCN1CCCC1=O)OOC(O)O. The van der Waals surface area contributed by atoms with Crippen LogP contribution in [0, 0.1) is 0 Å². The summed E-state index contributed by atoms with van der Waals surface area (Å²) in [5.74, 6) is 0.336. The van der Waals surface area contributed by atoms with Gasteiger partial charge in [0, 0.05) is 53.2 Å². The van der Waals surface area contributed by atoms with Crippen LogP contribution in [0.4, 0.5) is 0 Å². The number of hydrogen-bond donors (Lipinski definition) is 4. The minimum absolute atomic E-state index is 0.168. The topological polar surface area (TPSA) is 195 Å². The van der Waals surface area contributed by atoms with Gasteiger partial charge in [-0.25, -0.2) is 0 Å². The second kappa shape index (κ2) is 29.0. The van der Waals surface area contributed by atoms with E-state index in [9.17, 15) is 9.59 Å². The van der Waals surface area contributed by atoms with Crippen molar-refractivity contribution in [3.63, 3.8) is 0 Å². The molecule has 2 aliphatic heterocycles. The Labute approximate surface area is 247 Å². The maximum absolute atomic E-state index is 11.3. The van der Waals surface area contributed by atoms with Crippen LogP contribution in [0.3, 0.4) is 0 Å². The van der Waals surface area contributed by atoms with Crippen LogP contribution in [0.5, 0.6) is 0 Å². The van der Waals surface area contributed by atoms with Crippen molar-refractivity contribution in [1.82, 2.24) is 9.80 Å². The monoisotopic (exact) mass is 614 g/mol. The smallest absolute Gasteiger partial charge is 0.301 e. The molecule has 0 bridgehead atoms. The van der Waals surface area contributed by atoms with E-state index in [0.717, 1.165) is 25.9 Å². The lowest BCUT2D eigenvalue weighted by Gasteiger charge is -2.18. The molecule has 2 fully saturated rings. The summed E-state index contributed by atoms with van der Waals surface area (Å²) in [6.45, 7) is 7.56. The highest BCUT2D eigenvalue weighted by Crippen LogP contribution is 2.11. The highest BCUT2D eigenvalue weighted by molar-refractivity contribution is 5.78. The Balaban J connectivity index is 0. The summed E-state index contributed by atoms with van der Waals surface area (Å²) in [5, 5.41) is 33.6. The summed E-state index contributed by atoms with van der Waals surface area (Å²) >= 11 is 0. The van der Waals surface area contributed by atoms with E-state index >= 15 is 0 Å². The van der Waals surface area contributed by atoms with Crippen LogP contribution in [0.25, 0.3) is 0 Å². The van der Waals surface area contributed by atoms with Gasteiger partial charge in [0.25, 0.3) is 13.0 Å². The van der Waals surface area contributed by atoms with Gasteiger partial charge in [-0.2, -0.15) is 19.6 Å².